The first-order valence-corrected chi connectivity index (χ1v) is 7.18. The van der Waals surface area contributed by atoms with Gasteiger partial charge in [0.15, 0.2) is 0 Å². The van der Waals surface area contributed by atoms with E-state index in [4.69, 9.17) is 10.5 Å². The van der Waals surface area contributed by atoms with Gasteiger partial charge in [0, 0.05) is 19.7 Å². The summed E-state index contributed by atoms with van der Waals surface area (Å²) < 4.78 is 5.42. The first kappa shape index (κ1) is 16.4. The lowest BCUT2D eigenvalue weighted by molar-refractivity contribution is -0.123. The van der Waals surface area contributed by atoms with Crippen LogP contribution in [0, 0.1) is 0 Å². The van der Waals surface area contributed by atoms with Gasteiger partial charge in [-0.2, -0.15) is 0 Å². The van der Waals surface area contributed by atoms with Gasteiger partial charge in [-0.05, 0) is 53.1 Å². The van der Waals surface area contributed by atoms with Gasteiger partial charge >= 0.3 is 0 Å². The van der Waals surface area contributed by atoms with Crippen molar-refractivity contribution in [1.82, 2.24) is 10.2 Å². The molecule has 1 saturated heterocycles. The third-order valence-electron chi connectivity index (χ3n) is 4.52. The third kappa shape index (κ3) is 4.44. The lowest BCUT2D eigenvalue weighted by atomic mass is 9.94. The maximum absolute atomic E-state index is 11.4. The number of nitrogens with one attached hydrogen (secondary N) is 1. The summed E-state index contributed by atoms with van der Waals surface area (Å²) in [7, 11) is 3.58. The molecular formula is C14H29N3O2. The van der Waals surface area contributed by atoms with Crippen molar-refractivity contribution in [3.8, 4) is 0 Å². The minimum atomic E-state index is -0.589. The number of carbonyl (C=O) groups is 1. The quantitative estimate of drug-likeness (QED) is 0.716. The molecular weight excluding hydrogens is 242 g/mol. The maximum atomic E-state index is 11.4. The molecule has 1 rings (SSSR count). The molecule has 1 aliphatic rings. The van der Waals surface area contributed by atoms with Crippen LogP contribution < -0.4 is 11.1 Å². The molecule has 0 aromatic carbocycles. The Kier molecular flexibility index (Phi) is 6.23. The number of amides is 1. The number of hydrogen-bond donors (Lipinski definition) is 2. The predicted molar refractivity (Wildman–Crippen MR) is 77.0 cm³/mol. The fraction of sp³-hybridized carbons (Fsp3) is 0.929. The van der Waals surface area contributed by atoms with Crippen LogP contribution in [0.2, 0.25) is 0 Å². The van der Waals surface area contributed by atoms with Gasteiger partial charge in [-0.1, -0.05) is 0 Å². The molecule has 0 bridgehead atoms. The zero-order valence-corrected chi connectivity index (χ0v) is 12.7. The van der Waals surface area contributed by atoms with E-state index in [0.717, 1.165) is 38.8 Å². The van der Waals surface area contributed by atoms with Crippen molar-refractivity contribution in [2.75, 3.05) is 27.2 Å². The van der Waals surface area contributed by atoms with E-state index in [1.165, 1.54) is 0 Å². The zero-order chi connectivity index (χ0) is 14.5. The number of likely N-dealkylation sites (N-methyl/N-ethyl adjacent to an activating group) is 1. The number of carbonyl (C=O) groups excluding carboxylic acids is 1. The summed E-state index contributed by atoms with van der Waals surface area (Å²) in [4.78, 5) is 13.9. The molecule has 5 nitrogen and oxygen atoms in total. The Morgan fingerprint density at radius 2 is 2.26 bits per heavy atom. The molecule has 5 heteroatoms. The van der Waals surface area contributed by atoms with Gasteiger partial charge in [-0.25, -0.2) is 0 Å². The van der Waals surface area contributed by atoms with Crippen LogP contribution >= 0.6 is 0 Å². The summed E-state index contributed by atoms with van der Waals surface area (Å²) >= 11 is 0. The molecule has 0 aromatic rings. The fourth-order valence-corrected chi connectivity index (χ4v) is 2.73. The predicted octanol–water partition coefficient (Wildman–Crippen LogP) is 0.729. The second-order valence-electron chi connectivity index (χ2n) is 5.82. The van der Waals surface area contributed by atoms with Crippen LogP contribution in [0.15, 0.2) is 0 Å². The van der Waals surface area contributed by atoms with Gasteiger partial charge < -0.3 is 20.7 Å². The van der Waals surface area contributed by atoms with Crippen molar-refractivity contribution in [1.29, 1.82) is 0 Å². The number of primary amides is 1. The van der Waals surface area contributed by atoms with Crippen LogP contribution in [0.5, 0.6) is 0 Å². The topological polar surface area (TPSA) is 67.6 Å². The molecule has 3 unspecified atom stereocenters. The first-order chi connectivity index (χ1) is 8.92. The van der Waals surface area contributed by atoms with Crippen LogP contribution in [-0.2, 0) is 9.53 Å². The fourth-order valence-electron chi connectivity index (χ4n) is 2.73. The van der Waals surface area contributed by atoms with E-state index in [-0.39, 0.29) is 5.91 Å². The summed E-state index contributed by atoms with van der Waals surface area (Å²) in [5.41, 5.74) is 4.84. The van der Waals surface area contributed by atoms with E-state index < -0.39 is 5.54 Å². The number of piperidine rings is 1. The van der Waals surface area contributed by atoms with E-state index in [2.05, 4.69) is 17.1 Å². The molecule has 3 atom stereocenters. The summed E-state index contributed by atoms with van der Waals surface area (Å²) in [6, 6.07) is 0.549. The molecule has 1 fully saturated rings. The zero-order valence-electron chi connectivity index (χ0n) is 12.7. The van der Waals surface area contributed by atoms with E-state index in [9.17, 15) is 4.79 Å². The van der Waals surface area contributed by atoms with Crippen LogP contribution in [-0.4, -0.2) is 55.7 Å². The first-order valence-electron chi connectivity index (χ1n) is 7.18. The summed E-state index contributed by atoms with van der Waals surface area (Å²) in [6.07, 6.45) is 4.34. The number of methoxy groups -OCH3 is 1. The number of nitrogens with zero attached hydrogens (tertiary/aromatic N) is 1. The van der Waals surface area contributed by atoms with Crippen molar-refractivity contribution in [3.05, 3.63) is 0 Å². The monoisotopic (exact) mass is 271 g/mol. The number of likely N-dealkylation sites (tertiary alicyclic amines) is 1. The van der Waals surface area contributed by atoms with Crippen LogP contribution in [0.4, 0.5) is 0 Å². The molecule has 1 aliphatic heterocycles. The van der Waals surface area contributed by atoms with Crippen LogP contribution in [0.25, 0.3) is 0 Å². The Morgan fingerprint density at radius 3 is 2.74 bits per heavy atom. The number of hydrogen-bond acceptors (Lipinski definition) is 4. The standard InChI is InChI=1S/C14H29N3O2/c1-11-10-12(19-4)6-9-17(11)8-5-7-14(2,16-3)13(15)18/h11-12,16H,5-10H2,1-4H3,(H2,15,18). The van der Waals surface area contributed by atoms with Gasteiger partial charge in [0.1, 0.15) is 0 Å². The Morgan fingerprint density at radius 1 is 1.58 bits per heavy atom. The lowest BCUT2D eigenvalue weighted by Gasteiger charge is -2.37. The van der Waals surface area contributed by atoms with Gasteiger partial charge in [0.25, 0.3) is 0 Å². The highest BCUT2D eigenvalue weighted by Crippen LogP contribution is 2.20. The highest BCUT2D eigenvalue weighted by molar-refractivity contribution is 5.84. The molecule has 3 N–H and O–H groups in total. The minimum Gasteiger partial charge on any atom is -0.381 e. The van der Waals surface area contributed by atoms with E-state index in [1.54, 1.807) is 14.2 Å². The Hall–Kier alpha value is -0.650. The number of ether oxygens (including phenoxy) is 1. The second-order valence-corrected chi connectivity index (χ2v) is 5.82. The normalized spacial score (nSPS) is 28.0. The smallest absolute Gasteiger partial charge is 0.237 e. The molecule has 0 aromatic heterocycles. The van der Waals surface area contributed by atoms with Crippen LogP contribution in [0.3, 0.4) is 0 Å². The Labute approximate surface area is 116 Å². The average Bonchev–Trinajstić information content (AvgIpc) is 2.40. The minimum absolute atomic E-state index is 0.277. The van der Waals surface area contributed by atoms with Crippen molar-refractivity contribution < 1.29 is 9.53 Å². The van der Waals surface area contributed by atoms with Crippen molar-refractivity contribution in [2.45, 2.75) is 57.2 Å². The number of nitrogens with two attached hydrogens (primary N) is 1. The largest absolute Gasteiger partial charge is 0.381 e. The van der Waals surface area contributed by atoms with Gasteiger partial charge in [-0.3, -0.25) is 4.79 Å². The Bertz CT molecular complexity index is 298. The van der Waals surface area contributed by atoms with Gasteiger partial charge in [0.05, 0.1) is 11.6 Å². The summed E-state index contributed by atoms with van der Waals surface area (Å²) in [5, 5.41) is 3.03. The molecule has 0 aliphatic carbocycles. The maximum Gasteiger partial charge on any atom is 0.237 e. The van der Waals surface area contributed by atoms with E-state index in [1.807, 2.05) is 6.92 Å². The third-order valence-corrected chi connectivity index (χ3v) is 4.52. The lowest BCUT2D eigenvalue weighted by Crippen LogP contribution is -2.52. The second kappa shape index (κ2) is 7.22. The van der Waals surface area contributed by atoms with Gasteiger partial charge in [0.2, 0.25) is 5.91 Å². The molecule has 19 heavy (non-hydrogen) atoms. The van der Waals surface area contributed by atoms with Crippen molar-refractivity contribution in [2.24, 2.45) is 5.73 Å². The average molecular weight is 271 g/mol. The highest BCUT2D eigenvalue weighted by atomic mass is 16.5. The molecule has 0 spiro atoms. The Balaban J connectivity index is 2.35. The van der Waals surface area contributed by atoms with E-state index >= 15 is 0 Å². The highest BCUT2D eigenvalue weighted by Gasteiger charge is 2.30. The SMILES string of the molecule is CNC(C)(CCCN1CCC(OC)CC1C)C(N)=O. The van der Waals surface area contributed by atoms with Crippen LogP contribution in [0.1, 0.15) is 39.5 Å². The molecule has 1 amide bonds. The van der Waals surface area contributed by atoms with Crippen molar-refractivity contribution in [3.63, 3.8) is 0 Å². The number of rotatable bonds is 7. The molecule has 1 heterocycles. The molecule has 0 saturated carbocycles. The molecule has 112 valence electrons. The summed E-state index contributed by atoms with van der Waals surface area (Å²) in [6.45, 7) is 6.21. The summed E-state index contributed by atoms with van der Waals surface area (Å²) in [5.74, 6) is -0.277. The van der Waals surface area contributed by atoms with Crippen molar-refractivity contribution >= 4 is 5.91 Å². The van der Waals surface area contributed by atoms with E-state index in [0.29, 0.717) is 12.1 Å². The molecule has 0 radical (unpaired) electrons. The van der Waals surface area contributed by atoms with Gasteiger partial charge in [-0.15, -0.1) is 0 Å².